The summed E-state index contributed by atoms with van der Waals surface area (Å²) in [6, 6.07) is 0. The zero-order valence-corrected chi connectivity index (χ0v) is 16.6. The zero-order chi connectivity index (χ0) is 18.3. The van der Waals surface area contributed by atoms with Crippen molar-refractivity contribution < 1.29 is 15.3 Å². The molecule has 0 aromatic heterocycles. The Kier molecular flexibility index (Phi) is 3.98. The van der Waals surface area contributed by atoms with Gasteiger partial charge in [0.05, 0.1) is 17.8 Å². The summed E-state index contributed by atoms with van der Waals surface area (Å²) in [6.45, 7) is 9.07. The van der Waals surface area contributed by atoms with Crippen molar-refractivity contribution in [2.75, 3.05) is 0 Å². The fraction of sp³-hybridized carbons (Fsp3) is 1.00. The molecule has 4 saturated carbocycles. The third-order valence-corrected chi connectivity index (χ3v) is 9.93. The molecule has 3 heteroatoms. The van der Waals surface area contributed by atoms with Crippen molar-refractivity contribution in [1.29, 1.82) is 0 Å². The maximum absolute atomic E-state index is 11.1. The molecule has 0 saturated heterocycles. The molecule has 0 unspecified atom stereocenters. The molecule has 144 valence electrons. The first-order chi connectivity index (χ1) is 11.5. The van der Waals surface area contributed by atoms with E-state index in [1.165, 1.54) is 25.7 Å². The molecule has 0 amide bonds. The summed E-state index contributed by atoms with van der Waals surface area (Å²) >= 11 is 0. The van der Waals surface area contributed by atoms with Gasteiger partial charge >= 0.3 is 0 Å². The summed E-state index contributed by atoms with van der Waals surface area (Å²) in [5.74, 6) is 1.94. The first kappa shape index (κ1) is 18.3. The molecular formula is C22H38O3. The third-order valence-electron chi connectivity index (χ3n) is 9.93. The number of fused-ring (bicyclic) bond motifs is 5. The van der Waals surface area contributed by atoms with Crippen LogP contribution in [0.25, 0.3) is 0 Å². The van der Waals surface area contributed by atoms with Crippen molar-refractivity contribution in [1.82, 2.24) is 0 Å². The first-order valence-electron chi connectivity index (χ1n) is 10.6. The standard InChI is InChI=1S/C22H38O3/c1-14(23)22(25)12-18-16-6-9-20(3)11-15(24)5-10-21(20,4)17(16)7-8-19(18,2)13-22/h14-18,23-25H,5-13H2,1-4H3/t14-,15-,16-,17-,18+,19-,20-,21-,22-/m1/s1. The van der Waals surface area contributed by atoms with Gasteiger partial charge in [0.1, 0.15) is 0 Å². The van der Waals surface area contributed by atoms with Crippen LogP contribution in [0.15, 0.2) is 0 Å². The molecule has 0 aromatic carbocycles. The molecule has 9 atom stereocenters. The van der Waals surface area contributed by atoms with Crippen LogP contribution < -0.4 is 0 Å². The average molecular weight is 351 g/mol. The molecule has 4 rings (SSSR count). The minimum atomic E-state index is -0.890. The summed E-state index contributed by atoms with van der Waals surface area (Å²) in [7, 11) is 0. The van der Waals surface area contributed by atoms with E-state index in [-0.39, 0.29) is 16.9 Å². The SMILES string of the molecule is C[C@@H](O)[C@@]1(O)C[C@H]2[C@@H]3CC[C@]4(C)C[C@H](O)CC[C@]4(C)[C@@H]3CC[C@]2(C)C1. The highest BCUT2D eigenvalue weighted by Crippen LogP contribution is 2.70. The van der Waals surface area contributed by atoms with Crippen LogP contribution in [0.5, 0.6) is 0 Å². The molecule has 0 aromatic rings. The van der Waals surface area contributed by atoms with E-state index >= 15 is 0 Å². The normalized spacial score (nSPS) is 59.6. The van der Waals surface area contributed by atoms with Crippen molar-refractivity contribution in [2.24, 2.45) is 34.0 Å². The minimum Gasteiger partial charge on any atom is -0.393 e. The number of hydrogen-bond donors (Lipinski definition) is 3. The van der Waals surface area contributed by atoms with Crippen LogP contribution in [0, 0.1) is 34.0 Å². The predicted octanol–water partition coefficient (Wildman–Crippen LogP) is 3.89. The van der Waals surface area contributed by atoms with Crippen LogP contribution in [0.3, 0.4) is 0 Å². The Bertz CT molecular complexity index is 547. The highest BCUT2D eigenvalue weighted by Gasteiger charge is 2.64. The molecule has 25 heavy (non-hydrogen) atoms. The second-order valence-electron chi connectivity index (χ2n) is 11.1. The van der Waals surface area contributed by atoms with E-state index in [1.807, 2.05) is 0 Å². The number of rotatable bonds is 1. The van der Waals surface area contributed by atoms with E-state index in [9.17, 15) is 15.3 Å². The van der Waals surface area contributed by atoms with Crippen molar-refractivity contribution in [3.8, 4) is 0 Å². The monoisotopic (exact) mass is 350 g/mol. The molecule has 3 nitrogen and oxygen atoms in total. The quantitative estimate of drug-likeness (QED) is 0.672. The molecule has 0 spiro atoms. The van der Waals surface area contributed by atoms with Gasteiger partial charge in [-0.05, 0) is 98.7 Å². The number of aliphatic hydroxyl groups is 3. The molecule has 0 aliphatic heterocycles. The Balaban J connectivity index is 1.65. The van der Waals surface area contributed by atoms with Crippen molar-refractivity contribution in [3.05, 3.63) is 0 Å². The van der Waals surface area contributed by atoms with Gasteiger partial charge in [0, 0.05) is 0 Å². The second kappa shape index (κ2) is 5.45. The van der Waals surface area contributed by atoms with Gasteiger partial charge in [-0.25, -0.2) is 0 Å². The molecule has 4 aliphatic rings. The van der Waals surface area contributed by atoms with Gasteiger partial charge in [-0.1, -0.05) is 20.8 Å². The lowest BCUT2D eigenvalue weighted by atomic mass is 9.40. The molecule has 4 fully saturated rings. The van der Waals surface area contributed by atoms with E-state index in [4.69, 9.17) is 0 Å². The Morgan fingerprint density at radius 1 is 0.920 bits per heavy atom. The maximum atomic E-state index is 11.1. The summed E-state index contributed by atoms with van der Waals surface area (Å²) < 4.78 is 0. The highest BCUT2D eigenvalue weighted by atomic mass is 16.3. The van der Waals surface area contributed by atoms with Crippen LogP contribution in [-0.2, 0) is 0 Å². The van der Waals surface area contributed by atoms with Gasteiger partial charge in [0.15, 0.2) is 0 Å². The van der Waals surface area contributed by atoms with Crippen molar-refractivity contribution >= 4 is 0 Å². The summed E-state index contributed by atoms with van der Waals surface area (Å²) in [5, 5.41) is 31.5. The second-order valence-corrected chi connectivity index (χ2v) is 11.1. The first-order valence-corrected chi connectivity index (χ1v) is 10.6. The van der Waals surface area contributed by atoms with Gasteiger partial charge in [0.2, 0.25) is 0 Å². The van der Waals surface area contributed by atoms with E-state index in [0.29, 0.717) is 23.2 Å². The maximum Gasteiger partial charge on any atom is 0.0910 e. The lowest BCUT2D eigenvalue weighted by Crippen LogP contribution is -2.57. The average Bonchev–Trinajstić information content (AvgIpc) is 2.81. The largest absolute Gasteiger partial charge is 0.393 e. The lowest BCUT2D eigenvalue weighted by molar-refractivity contribution is -0.166. The summed E-state index contributed by atoms with van der Waals surface area (Å²) in [4.78, 5) is 0. The van der Waals surface area contributed by atoms with E-state index in [0.717, 1.165) is 32.1 Å². The van der Waals surface area contributed by atoms with Crippen LogP contribution in [0.4, 0.5) is 0 Å². The lowest BCUT2D eigenvalue weighted by Gasteiger charge is -2.64. The molecule has 0 bridgehead atoms. The zero-order valence-electron chi connectivity index (χ0n) is 16.6. The summed E-state index contributed by atoms with van der Waals surface area (Å²) in [5.41, 5.74) is -0.120. The van der Waals surface area contributed by atoms with Crippen LogP contribution in [0.2, 0.25) is 0 Å². The van der Waals surface area contributed by atoms with Crippen LogP contribution >= 0.6 is 0 Å². The minimum absolute atomic E-state index is 0.115. The number of aliphatic hydroxyl groups excluding tert-OH is 2. The fourth-order valence-electron chi connectivity index (χ4n) is 8.09. The Morgan fingerprint density at radius 2 is 1.64 bits per heavy atom. The Morgan fingerprint density at radius 3 is 2.32 bits per heavy atom. The van der Waals surface area contributed by atoms with E-state index in [2.05, 4.69) is 20.8 Å². The third kappa shape index (κ3) is 2.41. The van der Waals surface area contributed by atoms with Crippen LogP contribution in [-0.4, -0.2) is 33.1 Å². The molecular weight excluding hydrogens is 312 g/mol. The van der Waals surface area contributed by atoms with Gasteiger partial charge < -0.3 is 15.3 Å². The van der Waals surface area contributed by atoms with Crippen molar-refractivity contribution in [3.63, 3.8) is 0 Å². The Hall–Kier alpha value is -0.120. The topological polar surface area (TPSA) is 60.7 Å². The van der Waals surface area contributed by atoms with Gasteiger partial charge in [0.25, 0.3) is 0 Å². The molecule has 0 heterocycles. The smallest absolute Gasteiger partial charge is 0.0910 e. The van der Waals surface area contributed by atoms with Crippen molar-refractivity contribution in [2.45, 2.75) is 103 Å². The van der Waals surface area contributed by atoms with Gasteiger partial charge in [-0.3, -0.25) is 0 Å². The molecule has 0 radical (unpaired) electrons. The molecule has 4 aliphatic carbocycles. The predicted molar refractivity (Wildman–Crippen MR) is 99.0 cm³/mol. The highest BCUT2D eigenvalue weighted by molar-refractivity contribution is 5.14. The van der Waals surface area contributed by atoms with E-state index in [1.54, 1.807) is 6.92 Å². The fourth-order valence-corrected chi connectivity index (χ4v) is 8.09. The Labute approximate surface area is 153 Å². The molecule has 3 N–H and O–H groups in total. The van der Waals surface area contributed by atoms with Gasteiger partial charge in [-0.15, -0.1) is 0 Å². The summed E-state index contributed by atoms with van der Waals surface area (Å²) in [6.07, 6.45) is 8.74. The van der Waals surface area contributed by atoms with Crippen LogP contribution in [0.1, 0.15) is 85.5 Å². The number of hydrogen-bond acceptors (Lipinski definition) is 3. The van der Waals surface area contributed by atoms with E-state index < -0.39 is 11.7 Å². The van der Waals surface area contributed by atoms with Gasteiger partial charge in [-0.2, -0.15) is 0 Å².